The molecule has 0 spiro atoms. The van der Waals surface area contributed by atoms with Crippen molar-refractivity contribution >= 4 is 16.7 Å². The molecule has 0 unspecified atom stereocenters. The zero-order valence-electron chi connectivity index (χ0n) is 15.4. The standard InChI is InChI=1S/C22H22N2O4/c25-16-10-12-23(13-11-16)14-19-20(22(27)28)17-8-4-5-9-18(17)21(26)24(19)15-6-2-1-3-7-15/h1-9,16,25H,10-14H2,(H,27,28). The first kappa shape index (κ1) is 18.4. The van der Waals surface area contributed by atoms with E-state index in [2.05, 4.69) is 4.90 Å². The molecular weight excluding hydrogens is 356 g/mol. The van der Waals surface area contributed by atoms with Crippen LogP contribution < -0.4 is 5.56 Å². The van der Waals surface area contributed by atoms with Gasteiger partial charge in [-0.05, 0) is 31.0 Å². The predicted molar refractivity (Wildman–Crippen MR) is 107 cm³/mol. The van der Waals surface area contributed by atoms with Crippen molar-refractivity contribution in [3.8, 4) is 5.69 Å². The first-order valence-corrected chi connectivity index (χ1v) is 9.42. The second-order valence-corrected chi connectivity index (χ2v) is 7.16. The van der Waals surface area contributed by atoms with Crippen LogP contribution in [0.2, 0.25) is 0 Å². The van der Waals surface area contributed by atoms with Crippen LogP contribution in [0, 0.1) is 0 Å². The summed E-state index contributed by atoms with van der Waals surface area (Å²) in [6.45, 7) is 1.66. The number of piperidine rings is 1. The lowest BCUT2D eigenvalue weighted by molar-refractivity contribution is 0.0681. The summed E-state index contributed by atoms with van der Waals surface area (Å²) in [6.07, 6.45) is 0.972. The highest BCUT2D eigenvalue weighted by atomic mass is 16.4. The minimum atomic E-state index is -1.05. The summed E-state index contributed by atoms with van der Waals surface area (Å²) in [5.41, 5.74) is 1.05. The molecule has 144 valence electrons. The SMILES string of the molecule is O=C(O)c1c(CN2CCC(O)CC2)n(-c2ccccc2)c(=O)c2ccccc12. The Balaban J connectivity index is 1.97. The van der Waals surface area contributed by atoms with Gasteiger partial charge in [-0.25, -0.2) is 4.79 Å². The summed E-state index contributed by atoms with van der Waals surface area (Å²) in [5, 5.41) is 20.6. The summed E-state index contributed by atoms with van der Waals surface area (Å²) in [6, 6.07) is 16.0. The molecule has 0 bridgehead atoms. The van der Waals surface area contributed by atoms with E-state index in [0.717, 1.165) is 0 Å². The maximum Gasteiger partial charge on any atom is 0.338 e. The third-order valence-electron chi connectivity index (χ3n) is 5.35. The zero-order chi connectivity index (χ0) is 19.7. The molecule has 0 radical (unpaired) electrons. The van der Waals surface area contributed by atoms with Crippen molar-refractivity contribution in [1.82, 2.24) is 9.47 Å². The average Bonchev–Trinajstić information content (AvgIpc) is 2.70. The monoisotopic (exact) mass is 378 g/mol. The Morgan fingerprint density at radius 3 is 2.21 bits per heavy atom. The van der Waals surface area contributed by atoms with Gasteiger partial charge in [-0.1, -0.05) is 36.4 Å². The van der Waals surface area contributed by atoms with E-state index in [1.54, 1.807) is 24.3 Å². The predicted octanol–water partition coefficient (Wildman–Crippen LogP) is 2.65. The lowest BCUT2D eigenvalue weighted by Gasteiger charge is -2.31. The highest BCUT2D eigenvalue weighted by Gasteiger charge is 2.25. The second kappa shape index (κ2) is 7.58. The topological polar surface area (TPSA) is 82.8 Å². The fraction of sp³-hybridized carbons (Fsp3) is 0.273. The molecule has 6 heteroatoms. The largest absolute Gasteiger partial charge is 0.478 e. The number of aliphatic hydroxyl groups is 1. The van der Waals surface area contributed by atoms with Crippen LogP contribution >= 0.6 is 0 Å². The number of aromatic nitrogens is 1. The molecular formula is C22H22N2O4. The number of carboxylic acid groups (broad SMARTS) is 1. The van der Waals surface area contributed by atoms with Crippen molar-refractivity contribution in [3.63, 3.8) is 0 Å². The highest BCUT2D eigenvalue weighted by Crippen LogP contribution is 2.25. The van der Waals surface area contributed by atoms with Crippen molar-refractivity contribution in [3.05, 3.63) is 76.2 Å². The summed E-state index contributed by atoms with van der Waals surface area (Å²) in [5.74, 6) is -1.05. The highest BCUT2D eigenvalue weighted by molar-refractivity contribution is 6.04. The molecule has 3 aromatic rings. The molecule has 0 aliphatic carbocycles. The van der Waals surface area contributed by atoms with Crippen LogP contribution in [-0.2, 0) is 6.54 Å². The van der Waals surface area contributed by atoms with Gasteiger partial charge in [-0.3, -0.25) is 14.3 Å². The molecule has 28 heavy (non-hydrogen) atoms. The van der Waals surface area contributed by atoms with Crippen molar-refractivity contribution in [2.75, 3.05) is 13.1 Å². The number of hydrogen-bond donors (Lipinski definition) is 2. The minimum Gasteiger partial charge on any atom is -0.478 e. The van der Waals surface area contributed by atoms with E-state index >= 15 is 0 Å². The van der Waals surface area contributed by atoms with Gasteiger partial charge in [0.2, 0.25) is 0 Å². The van der Waals surface area contributed by atoms with Crippen LogP contribution in [-0.4, -0.2) is 44.8 Å². The number of rotatable bonds is 4. The van der Waals surface area contributed by atoms with E-state index in [1.165, 1.54) is 4.57 Å². The number of carboxylic acids is 1. The third kappa shape index (κ3) is 3.32. The van der Waals surface area contributed by atoms with Gasteiger partial charge in [0.05, 0.1) is 17.4 Å². The van der Waals surface area contributed by atoms with Crippen LogP contribution in [0.15, 0.2) is 59.4 Å². The minimum absolute atomic E-state index is 0.158. The number of aliphatic hydroxyl groups excluding tert-OH is 1. The molecule has 1 aliphatic rings. The molecule has 2 heterocycles. The van der Waals surface area contributed by atoms with E-state index in [1.807, 2.05) is 30.3 Å². The van der Waals surface area contributed by atoms with Gasteiger partial charge in [0.25, 0.3) is 5.56 Å². The van der Waals surface area contributed by atoms with Gasteiger partial charge in [0.15, 0.2) is 0 Å². The smallest absolute Gasteiger partial charge is 0.338 e. The third-order valence-corrected chi connectivity index (χ3v) is 5.35. The molecule has 1 fully saturated rings. The normalized spacial score (nSPS) is 15.8. The Morgan fingerprint density at radius 1 is 0.964 bits per heavy atom. The van der Waals surface area contributed by atoms with Gasteiger partial charge in [0.1, 0.15) is 0 Å². The number of pyridine rings is 1. The molecule has 0 amide bonds. The Kier molecular flexibility index (Phi) is 4.98. The van der Waals surface area contributed by atoms with Crippen molar-refractivity contribution < 1.29 is 15.0 Å². The second-order valence-electron chi connectivity index (χ2n) is 7.16. The summed E-state index contributed by atoms with van der Waals surface area (Å²) in [4.78, 5) is 27.7. The Bertz CT molecular complexity index is 1070. The molecule has 2 aromatic carbocycles. The maximum atomic E-state index is 13.3. The van der Waals surface area contributed by atoms with Gasteiger partial charge in [-0.2, -0.15) is 0 Å². The number of fused-ring (bicyclic) bond motifs is 1. The molecule has 1 saturated heterocycles. The Labute approximate surface area is 162 Å². The summed E-state index contributed by atoms with van der Waals surface area (Å²) in [7, 11) is 0. The van der Waals surface area contributed by atoms with Crippen molar-refractivity contribution in [1.29, 1.82) is 0 Å². The summed E-state index contributed by atoms with van der Waals surface area (Å²) < 4.78 is 1.52. The van der Waals surface area contributed by atoms with Crippen LogP contribution in [0.3, 0.4) is 0 Å². The fourth-order valence-corrected chi connectivity index (χ4v) is 3.93. The number of hydrogen-bond acceptors (Lipinski definition) is 4. The van der Waals surface area contributed by atoms with Crippen LogP contribution in [0.4, 0.5) is 0 Å². The van der Waals surface area contributed by atoms with E-state index in [-0.39, 0.29) is 17.2 Å². The quantitative estimate of drug-likeness (QED) is 0.729. The first-order chi connectivity index (χ1) is 13.6. The number of para-hydroxylation sites is 1. The molecule has 0 saturated carbocycles. The Hall–Kier alpha value is -2.96. The van der Waals surface area contributed by atoms with E-state index in [4.69, 9.17) is 0 Å². The van der Waals surface area contributed by atoms with Gasteiger partial charge in [-0.15, -0.1) is 0 Å². The van der Waals surface area contributed by atoms with Crippen LogP contribution in [0.25, 0.3) is 16.5 Å². The zero-order valence-corrected chi connectivity index (χ0v) is 15.4. The number of nitrogens with zero attached hydrogens (tertiary/aromatic N) is 2. The van der Waals surface area contributed by atoms with Crippen molar-refractivity contribution in [2.24, 2.45) is 0 Å². The fourth-order valence-electron chi connectivity index (χ4n) is 3.93. The van der Waals surface area contributed by atoms with Gasteiger partial charge >= 0.3 is 5.97 Å². The summed E-state index contributed by atoms with van der Waals surface area (Å²) >= 11 is 0. The first-order valence-electron chi connectivity index (χ1n) is 9.42. The molecule has 6 nitrogen and oxygen atoms in total. The number of aromatic carboxylic acids is 1. The van der Waals surface area contributed by atoms with Crippen molar-refractivity contribution in [2.45, 2.75) is 25.5 Å². The number of likely N-dealkylation sites (tertiary alicyclic amines) is 1. The molecule has 2 N–H and O–H groups in total. The molecule has 0 atom stereocenters. The molecule has 1 aliphatic heterocycles. The molecule has 1 aromatic heterocycles. The van der Waals surface area contributed by atoms with Crippen LogP contribution in [0.1, 0.15) is 28.9 Å². The number of benzene rings is 2. The van der Waals surface area contributed by atoms with Gasteiger partial charge < -0.3 is 10.2 Å². The maximum absolute atomic E-state index is 13.3. The van der Waals surface area contributed by atoms with E-state index in [9.17, 15) is 19.8 Å². The lowest BCUT2D eigenvalue weighted by Crippen LogP contribution is -2.38. The Morgan fingerprint density at radius 2 is 1.57 bits per heavy atom. The number of carbonyl (C=O) groups is 1. The van der Waals surface area contributed by atoms with Crippen LogP contribution in [0.5, 0.6) is 0 Å². The molecule has 4 rings (SSSR count). The lowest BCUT2D eigenvalue weighted by atomic mass is 10.0. The van der Waals surface area contributed by atoms with Gasteiger partial charge in [0, 0.05) is 36.1 Å². The average molecular weight is 378 g/mol. The van der Waals surface area contributed by atoms with E-state index in [0.29, 0.717) is 54.6 Å². The van der Waals surface area contributed by atoms with E-state index < -0.39 is 5.97 Å².